The third kappa shape index (κ3) is 3.31. The Morgan fingerprint density at radius 1 is 1.16 bits per heavy atom. The first-order valence-electron chi connectivity index (χ1n) is 5.72. The van der Waals surface area contributed by atoms with Gasteiger partial charge in [-0.2, -0.15) is 9.36 Å². The van der Waals surface area contributed by atoms with E-state index in [0.29, 0.717) is 24.3 Å². The van der Waals surface area contributed by atoms with Crippen LogP contribution in [-0.2, 0) is 6.54 Å². The zero-order chi connectivity index (χ0) is 13.8. The van der Waals surface area contributed by atoms with E-state index in [1.54, 1.807) is 20.3 Å². The minimum absolute atomic E-state index is 0.566. The minimum atomic E-state index is 0.566. The Hall–Kier alpha value is -1.89. The topological polar surface area (TPSA) is 60.4 Å². The first-order valence-corrected chi connectivity index (χ1v) is 6.50. The zero-order valence-electron chi connectivity index (χ0n) is 11.4. The molecule has 0 atom stereocenters. The quantitative estimate of drug-likeness (QED) is 0.833. The van der Waals surface area contributed by atoms with Gasteiger partial charge in [0, 0.05) is 29.8 Å². The number of methoxy groups -OCH3 is 2. The molecular formula is C12H16N4O2S. The molecule has 2 aromatic rings. The summed E-state index contributed by atoms with van der Waals surface area (Å²) < 4.78 is 14.4. The molecule has 2 rings (SSSR count). The highest BCUT2D eigenvalue weighted by Crippen LogP contribution is 2.20. The normalized spacial score (nSPS) is 10.3. The van der Waals surface area contributed by atoms with E-state index >= 15 is 0 Å². The highest BCUT2D eigenvalue weighted by atomic mass is 32.1. The summed E-state index contributed by atoms with van der Waals surface area (Å²) in [5.74, 6) is 1.83. The fourth-order valence-electron chi connectivity index (χ4n) is 1.57. The lowest BCUT2D eigenvalue weighted by atomic mass is 10.4. The molecule has 2 heterocycles. The molecule has 0 aromatic carbocycles. The largest absolute Gasteiger partial charge is 0.481 e. The summed E-state index contributed by atoms with van der Waals surface area (Å²) in [6.07, 6.45) is 0. The molecule has 0 aliphatic carbocycles. The zero-order valence-corrected chi connectivity index (χ0v) is 12.2. The Labute approximate surface area is 116 Å². The van der Waals surface area contributed by atoms with Crippen molar-refractivity contribution in [1.82, 2.24) is 14.3 Å². The Bertz CT molecular complexity index is 558. The molecule has 7 heteroatoms. The van der Waals surface area contributed by atoms with Gasteiger partial charge >= 0.3 is 0 Å². The SMILES string of the molecule is COc1cc(CN(C)c2nc(C)cc(OC)n2)sn1. The third-order valence-corrected chi connectivity index (χ3v) is 3.26. The Morgan fingerprint density at radius 3 is 2.53 bits per heavy atom. The van der Waals surface area contributed by atoms with Gasteiger partial charge in [-0.3, -0.25) is 0 Å². The van der Waals surface area contributed by atoms with Crippen LogP contribution in [0.1, 0.15) is 10.6 Å². The number of anilines is 1. The van der Waals surface area contributed by atoms with E-state index in [1.807, 2.05) is 24.9 Å². The van der Waals surface area contributed by atoms with Crippen molar-refractivity contribution in [3.8, 4) is 11.8 Å². The van der Waals surface area contributed by atoms with Crippen LogP contribution in [0.4, 0.5) is 5.95 Å². The molecule has 0 radical (unpaired) electrons. The molecular weight excluding hydrogens is 264 g/mol. The van der Waals surface area contributed by atoms with Crippen LogP contribution in [0.2, 0.25) is 0 Å². The van der Waals surface area contributed by atoms with Crippen molar-refractivity contribution in [2.45, 2.75) is 13.5 Å². The number of aryl methyl sites for hydroxylation is 1. The van der Waals surface area contributed by atoms with Crippen LogP contribution in [0.15, 0.2) is 12.1 Å². The van der Waals surface area contributed by atoms with Gasteiger partial charge in [-0.05, 0) is 18.5 Å². The van der Waals surface area contributed by atoms with E-state index in [-0.39, 0.29) is 0 Å². The van der Waals surface area contributed by atoms with Gasteiger partial charge in [0.25, 0.3) is 0 Å². The molecule has 0 amide bonds. The second-order valence-electron chi connectivity index (χ2n) is 4.04. The van der Waals surface area contributed by atoms with Crippen LogP contribution in [0.3, 0.4) is 0 Å². The standard InChI is InChI=1S/C12H16N4O2S/c1-8-5-10(17-3)14-12(13-8)16(2)7-9-6-11(18-4)15-19-9/h5-6H,7H2,1-4H3. The summed E-state index contributed by atoms with van der Waals surface area (Å²) in [6.45, 7) is 2.59. The van der Waals surface area contributed by atoms with Crippen LogP contribution in [0.25, 0.3) is 0 Å². The number of rotatable bonds is 5. The monoisotopic (exact) mass is 280 g/mol. The highest BCUT2D eigenvalue weighted by Gasteiger charge is 2.10. The molecule has 0 aliphatic rings. The van der Waals surface area contributed by atoms with Crippen LogP contribution in [-0.4, -0.2) is 35.6 Å². The summed E-state index contributed by atoms with van der Waals surface area (Å²) >= 11 is 1.41. The molecule has 0 N–H and O–H groups in total. The maximum atomic E-state index is 5.15. The smallest absolute Gasteiger partial charge is 0.228 e. The van der Waals surface area contributed by atoms with Crippen LogP contribution < -0.4 is 14.4 Å². The van der Waals surface area contributed by atoms with E-state index in [4.69, 9.17) is 9.47 Å². The lowest BCUT2D eigenvalue weighted by molar-refractivity contribution is 0.396. The maximum absolute atomic E-state index is 5.15. The Morgan fingerprint density at radius 2 is 1.89 bits per heavy atom. The molecule has 0 aliphatic heterocycles. The van der Waals surface area contributed by atoms with Gasteiger partial charge in [0.2, 0.25) is 17.7 Å². The fraction of sp³-hybridized carbons (Fsp3) is 0.417. The van der Waals surface area contributed by atoms with Crippen molar-refractivity contribution in [2.24, 2.45) is 0 Å². The Balaban J connectivity index is 2.14. The van der Waals surface area contributed by atoms with E-state index in [0.717, 1.165) is 10.6 Å². The average molecular weight is 280 g/mol. The summed E-state index contributed by atoms with van der Waals surface area (Å²) in [7, 11) is 5.14. The third-order valence-electron chi connectivity index (χ3n) is 2.51. The molecule has 0 fully saturated rings. The summed E-state index contributed by atoms with van der Waals surface area (Å²) in [5.41, 5.74) is 0.871. The summed E-state index contributed by atoms with van der Waals surface area (Å²) in [4.78, 5) is 11.7. The van der Waals surface area contributed by atoms with Gasteiger partial charge in [-0.1, -0.05) is 0 Å². The van der Waals surface area contributed by atoms with Crippen molar-refractivity contribution in [2.75, 3.05) is 26.2 Å². The molecule has 0 saturated heterocycles. The second kappa shape index (κ2) is 5.83. The summed E-state index contributed by atoms with van der Waals surface area (Å²) in [5, 5.41) is 0. The number of aromatic nitrogens is 3. The number of hydrogen-bond donors (Lipinski definition) is 0. The van der Waals surface area contributed by atoms with E-state index in [1.165, 1.54) is 11.5 Å². The highest BCUT2D eigenvalue weighted by molar-refractivity contribution is 7.05. The van der Waals surface area contributed by atoms with Gasteiger partial charge in [-0.15, -0.1) is 0 Å². The van der Waals surface area contributed by atoms with Crippen molar-refractivity contribution < 1.29 is 9.47 Å². The first kappa shape index (κ1) is 13.5. The van der Waals surface area contributed by atoms with Gasteiger partial charge in [0.1, 0.15) is 0 Å². The Kier molecular flexibility index (Phi) is 4.16. The van der Waals surface area contributed by atoms with Crippen molar-refractivity contribution in [3.05, 3.63) is 22.7 Å². The van der Waals surface area contributed by atoms with Crippen LogP contribution >= 0.6 is 11.5 Å². The van der Waals surface area contributed by atoms with E-state index in [2.05, 4.69) is 14.3 Å². The van der Waals surface area contributed by atoms with Crippen molar-refractivity contribution >= 4 is 17.5 Å². The van der Waals surface area contributed by atoms with Gasteiger partial charge in [0.05, 0.1) is 20.8 Å². The first-order chi connectivity index (χ1) is 9.12. The molecule has 102 valence electrons. The van der Waals surface area contributed by atoms with Gasteiger partial charge in [0.15, 0.2) is 0 Å². The minimum Gasteiger partial charge on any atom is -0.481 e. The summed E-state index contributed by atoms with van der Waals surface area (Å²) in [6, 6.07) is 3.71. The van der Waals surface area contributed by atoms with Gasteiger partial charge < -0.3 is 14.4 Å². The maximum Gasteiger partial charge on any atom is 0.228 e. The average Bonchev–Trinajstić information content (AvgIpc) is 2.85. The molecule has 0 unspecified atom stereocenters. The lowest BCUT2D eigenvalue weighted by Crippen LogP contribution is -2.19. The fourth-order valence-corrected chi connectivity index (χ4v) is 2.31. The van der Waals surface area contributed by atoms with Crippen LogP contribution in [0, 0.1) is 6.92 Å². The van der Waals surface area contributed by atoms with E-state index in [9.17, 15) is 0 Å². The van der Waals surface area contributed by atoms with Crippen LogP contribution in [0.5, 0.6) is 11.8 Å². The van der Waals surface area contributed by atoms with Gasteiger partial charge in [-0.25, -0.2) is 4.98 Å². The molecule has 2 aromatic heterocycles. The predicted octanol–water partition coefficient (Wildman–Crippen LogP) is 1.90. The predicted molar refractivity (Wildman–Crippen MR) is 74.1 cm³/mol. The second-order valence-corrected chi connectivity index (χ2v) is 4.93. The number of ether oxygens (including phenoxy) is 2. The van der Waals surface area contributed by atoms with Crippen molar-refractivity contribution in [3.63, 3.8) is 0 Å². The lowest BCUT2D eigenvalue weighted by Gasteiger charge is -2.16. The number of nitrogens with zero attached hydrogens (tertiary/aromatic N) is 4. The molecule has 19 heavy (non-hydrogen) atoms. The molecule has 0 bridgehead atoms. The molecule has 0 saturated carbocycles. The molecule has 6 nitrogen and oxygen atoms in total. The van der Waals surface area contributed by atoms with E-state index < -0.39 is 0 Å². The molecule has 0 spiro atoms. The van der Waals surface area contributed by atoms with Crippen molar-refractivity contribution in [1.29, 1.82) is 0 Å². The number of hydrogen-bond acceptors (Lipinski definition) is 7.